The third-order valence-corrected chi connectivity index (χ3v) is 1.84. The molecular formula is C13H28N2. The van der Waals surface area contributed by atoms with Crippen LogP contribution in [0.3, 0.4) is 0 Å². The first kappa shape index (κ1) is 16.6. The van der Waals surface area contributed by atoms with Crippen molar-refractivity contribution in [2.24, 2.45) is 7.05 Å². The standard InChI is InChI=1S/C7H16.C4H6N2.C2H6/c1-3-5-7-6-4-2;1-6-4-2-3-5-6;1-2/h3-7H2,1-2H3;2-4H,1H3;1-2H3. The minimum Gasteiger partial charge on any atom is -0.276 e. The molecule has 0 unspecified atom stereocenters. The summed E-state index contributed by atoms with van der Waals surface area (Å²) in [6.07, 6.45) is 10.6. The van der Waals surface area contributed by atoms with E-state index in [-0.39, 0.29) is 0 Å². The van der Waals surface area contributed by atoms with Crippen LogP contribution < -0.4 is 0 Å². The van der Waals surface area contributed by atoms with Crippen LogP contribution in [-0.4, -0.2) is 9.78 Å². The van der Waals surface area contributed by atoms with E-state index in [2.05, 4.69) is 18.9 Å². The second-order valence-electron chi connectivity index (χ2n) is 3.24. The van der Waals surface area contributed by atoms with Crippen molar-refractivity contribution in [1.82, 2.24) is 9.78 Å². The van der Waals surface area contributed by atoms with Crippen molar-refractivity contribution in [2.75, 3.05) is 0 Å². The van der Waals surface area contributed by atoms with Gasteiger partial charge in [0.1, 0.15) is 0 Å². The van der Waals surface area contributed by atoms with Crippen molar-refractivity contribution < 1.29 is 0 Å². The molecule has 1 heterocycles. The van der Waals surface area contributed by atoms with Crippen LogP contribution in [0.4, 0.5) is 0 Å². The van der Waals surface area contributed by atoms with Gasteiger partial charge in [-0.25, -0.2) is 0 Å². The second kappa shape index (κ2) is 15.7. The molecule has 1 rings (SSSR count). The van der Waals surface area contributed by atoms with Crippen molar-refractivity contribution in [3.8, 4) is 0 Å². The Morgan fingerprint density at radius 1 is 1.00 bits per heavy atom. The summed E-state index contributed by atoms with van der Waals surface area (Å²) in [6.45, 7) is 8.49. The van der Waals surface area contributed by atoms with Gasteiger partial charge < -0.3 is 0 Å². The number of hydrogen-bond acceptors (Lipinski definition) is 1. The number of aryl methyl sites for hydroxylation is 1. The molecule has 0 aliphatic heterocycles. The highest BCUT2D eigenvalue weighted by Gasteiger charge is 1.80. The zero-order valence-corrected chi connectivity index (χ0v) is 11.2. The number of unbranched alkanes of at least 4 members (excludes halogenated alkanes) is 4. The Morgan fingerprint density at radius 3 is 1.73 bits per heavy atom. The number of aromatic nitrogens is 2. The first-order valence-corrected chi connectivity index (χ1v) is 6.24. The molecular weight excluding hydrogens is 184 g/mol. The van der Waals surface area contributed by atoms with Gasteiger partial charge in [0.25, 0.3) is 0 Å². The molecule has 0 bridgehead atoms. The number of rotatable bonds is 4. The van der Waals surface area contributed by atoms with Crippen molar-refractivity contribution >= 4 is 0 Å². The normalized spacial score (nSPS) is 8.33. The van der Waals surface area contributed by atoms with Gasteiger partial charge in [0.15, 0.2) is 0 Å². The molecule has 1 aromatic heterocycles. The molecule has 90 valence electrons. The molecule has 0 N–H and O–H groups in total. The Bertz CT molecular complexity index is 165. The minimum atomic E-state index is 1.36. The Morgan fingerprint density at radius 2 is 1.53 bits per heavy atom. The van der Waals surface area contributed by atoms with Crippen molar-refractivity contribution in [3.05, 3.63) is 18.5 Å². The predicted octanol–water partition coefficient (Wildman–Crippen LogP) is 4.42. The number of hydrogen-bond donors (Lipinski definition) is 0. The second-order valence-corrected chi connectivity index (χ2v) is 3.24. The highest BCUT2D eigenvalue weighted by molar-refractivity contribution is 4.75. The fourth-order valence-electron chi connectivity index (χ4n) is 1.02. The van der Waals surface area contributed by atoms with Crippen LogP contribution in [0.5, 0.6) is 0 Å². The summed E-state index contributed by atoms with van der Waals surface area (Å²) in [6, 6.07) is 1.89. The maximum atomic E-state index is 3.83. The van der Waals surface area contributed by atoms with Crippen molar-refractivity contribution in [3.63, 3.8) is 0 Å². The predicted molar refractivity (Wildman–Crippen MR) is 69.0 cm³/mol. The summed E-state index contributed by atoms with van der Waals surface area (Å²) in [7, 11) is 1.89. The molecule has 0 aliphatic rings. The summed E-state index contributed by atoms with van der Waals surface area (Å²) >= 11 is 0. The van der Waals surface area contributed by atoms with E-state index in [1.807, 2.05) is 33.2 Å². The smallest absolute Gasteiger partial charge is 0.0489 e. The van der Waals surface area contributed by atoms with Crippen LogP contribution in [-0.2, 0) is 7.05 Å². The molecule has 2 nitrogen and oxygen atoms in total. The maximum Gasteiger partial charge on any atom is 0.0489 e. The third-order valence-electron chi connectivity index (χ3n) is 1.84. The average molecular weight is 212 g/mol. The zero-order valence-electron chi connectivity index (χ0n) is 11.2. The van der Waals surface area contributed by atoms with Gasteiger partial charge in [-0.1, -0.05) is 59.8 Å². The van der Waals surface area contributed by atoms with Crippen LogP contribution in [0, 0.1) is 0 Å². The molecule has 15 heavy (non-hydrogen) atoms. The molecule has 0 amide bonds. The first-order valence-electron chi connectivity index (χ1n) is 6.24. The lowest BCUT2D eigenvalue weighted by Crippen LogP contribution is -1.83. The van der Waals surface area contributed by atoms with E-state index in [0.29, 0.717) is 0 Å². The Balaban J connectivity index is 0. The molecule has 2 heteroatoms. The fourth-order valence-corrected chi connectivity index (χ4v) is 1.02. The Hall–Kier alpha value is -0.790. The van der Waals surface area contributed by atoms with Crippen LogP contribution in [0.1, 0.15) is 59.8 Å². The molecule has 0 saturated heterocycles. The zero-order chi connectivity index (χ0) is 11.9. The van der Waals surface area contributed by atoms with E-state index in [4.69, 9.17) is 0 Å². The lowest BCUT2D eigenvalue weighted by molar-refractivity contribution is 0.656. The average Bonchev–Trinajstić information content (AvgIpc) is 2.74. The molecule has 1 aromatic rings. The van der Waals surface area contributed by atoms with Crippen LogP contribution in [0.2, 0.25) is 0 Å². The third kappa shape index (κ3) is 15.9. The molecule has 0 spiro atoms. The summed E-state index contributed by atoms with van der Waals surface area (Å²) in [5, 5.41) is 3.83. The van der Waals surface area contributed by atoms with E-state index >= 15 is 0 Å². The summed E-state index contributed by atoms with van der Waals surface area (Å²) in [5.41, 5.74) is 0. The van der Waals surface area contributed by atoms with Crippen LogP contribution in [0.15, 0.2) is 18.5 Å². The van der Waals surface area contributed by atoms with Crippen molar-refractivity contribution in [1.29, 1.82) is 0 Å². The van der Waals surface area contributed by atoms with Gasteiger partial charge in [0.05, 0.1) is 0 Å². The monoisotopic (exact) mass is 212 g/mol. The molecule has 0 saturated carbocycles. The molecule has 0 fully saturated rings. The summed E-state index contributed by atoms with van der Waals surface area (Å²) in [5.74, 6) is 0. The first-order chi connectivity index (χ1) is 7.31. The van der Waals surface area contributed by atoms with E-state index in [1.165, 1.54) is 32.1 Å². The largest absolute Gasteiger partial charge is 0.276 e. The molecule has 0 aliphatic carbocycles. The van der Waals surface area contributed by atoms with Gasteiger partial charge in [-0.3, -0.25) is 4.68 Å². The van der Waals surface area contributed by atoms with E-state index in [9.17, 15) is 0 Å². The van der Waals surface area contributed by atoms with Gasteiger partial charge in [-0.05, 0) is 6.07 Å². The summed E-state index contributed by atoms with van der Waals surface area (Å²) in [4.78, 5) is 0. The molecule has 0 aromatic carbocycles. The van der Waals surface area contributed by atoms with E-state index in [0.717, 1.165) is 0 Å². The Labute approximate surface area is 95.7 Å². The fraction of sp³-hybridized carbons (Fsp3) is 0.769. The highest BCUT2D eigenvalue weighted by atomic mass is 15.2. The Kier molecular flexibility index (Phi) is 17.4. The quantitative estimate of drug-likeness (QED) is 0.675. The molecule has 0 atom stereocenters. The number of nitrogens with zero attached hydrogens (tertiary/aromatic N) is 2. The maximum absolute atomic E-state index is 3.83. The van der Waals surface area contributed by atoms with E-state index < -0.39 is 0 Å². The van der Waals surface area contributed by atoms with Gasteiger partial charge in [0, 0.05) is 19.4 Å². The van der Waals surface area contributed by atoms with Gasteiger partial charge in [-0.15, -0.1) is 0 Å². The van der Waals surface area contributed by atoms with Gasteiger partial charge in [-0.2, -0.15) is 5.10 Å². The topological polar surface area (TPSA) is 17.8 Å². The van der Waals surface area contributed by atoms with E-state index in [1.54, 1.807) is 10.9 Å². The highest BCUT2D eigenvalue weighted by Crippen LogP contribution is 2.00. The SMILES string of the molecule is CC.CCCCCCC.Cn1cccn1. The van der Waals surface area contributed by atoms with Crippen molar-refractivity contribution in [2.45, 2.75) is 59.8 Å². The van der Waals surface area contributed by atoms with Gasteiger partial charge >= 0.3 is 0 Å². The summed E-state index contributed by atoms with van der Waals surface area (Å²) < 4.78 is 1.75. The van der Waals surface area contributed by atoms with Crippen LogP contribution in [0.25, 0.3) is 0 Å². The molecule has 0 radical (unpaired) electrons. The lowest BCUT2D eigenvalue weighted by Gasteiger charge is -1.90. The minimum absolute atomic E-state index is 1.36. The lowest BCUT2D eigenvalue weighted by atomic mass is 10.2. The van der Waals surface area contributed by atoms with Gasteiger partial charge in [0.2, 0.25) is 0 Å². The van der Waals surface area contributed by atoms with Crippen LogP contribution >= 0.6 is 0 Å².